The van der Waals surface area contributed by atoms with Crippen LogP contribution < -0.4 is 5.32 Å². The Hall–Kier alpha value is -3.27. The number of thiophene rings is 1. The number of nitro benzene ring substituents is 1. The van der Waals surface area contributed by atoms with E-state index in [9.17, 15) is 24.5 Å². The number of anilines is 1. The van der Waals surface area contributed by atoms with Crippen LogP contribution in [0.1, 0.15) is 48.4 Å². The SMILES string of the molecule is CCOC(=O)c1c(NC(=O)c2cccc([N+](=O)[O-])c2C)sc(C(=O)OC)c1C. The second kappa shape index (κ2) is 8.61. The number of hydrogen-bond donors (Lipinski definition) is 1. The van der Waals surface area contributed by atoms with Gasteiger partial charge < -0.3 is 14.8 Å². The molecule has 1 N–H and O–H groups in total. The van der Waals surface area contributed by atoms with Crippen molar-refractivity contribution in [1.82, 2.24) is 0 Å². The summed E-state index contributed by atoms with van der Waals surface area (Å²) in [4.78, 5) is 47.7. The van der Waals surface area contributed by atoms with Gasteiger partial charge in [-0.05, 0) is 32.4 Å². The fourth-order valence-electron chi connectivity index (χ4n) is 2.58. The first-order valence-corrected chi connectivity index (χ1v) is 8.98. The lowest BCUT2D eigenvalue weighted by Crippen LogP contribution is -2.16. The van der Waals surface area contributed by atoms with Crippen LogP contribution in [0.5, 0.6) is 0 Å². The molecule has 1 heterocycles. The topological polar surface area (TPSA) is 125 Å². The van der Waals surface area contributed by atoms with Crippen molar-refractivity contribution in [3.8, 4) is 0 Å². The molecule has 0 bridgehead atoms. The molecule has 148 valence electrons. The molecule has 2 rings (SSSR count). The van der Waals surface area contributed by atoms with Crippen LogP contribution in [0.25, 0.3) is 0 Å². The van der Waals surface area contributed by atoms with Crippen molar-refractivity contribution in [3.05, 3.63) is 55.4 Å². The molecule has 0 aliphatic carbocycles. The highest BCUT2D eigenvalue weighted by Crippen LogP contribution is 2.35. The van der Waals surface area contributed by atoms with E-state index in [-0.39, 0.29) is 38.9 Å². The first-order chi connectivity index (χ1) is 13.2. The van der Waals surface area contributed by atoms with Gasteiger partial charge in [0, 0.05) is 17.2 Å². The number of amides is 1. The van der Waals surface area contributed by atoms with E-state index >= 15 is 0 Å². The Kier molecular flexibility index (Phi) is 6.47. The van der Waals surface area contributed by atoms with Gasteiger partial charge >= 0.3 is 11.9 Å². The second-order valence-electron chi connectivity index (χ2n) is 5.63. The zero-order chi connectivity index (χ0) is 21.0. The van der Waals surface area contributed by atoms with Gasteiger partial charge in [-0.1, -0.05) is 6.07 Å². The molecule has 0 radical (unpaired) electrons. The van der Waals surface area contributed by atoms with Crippen LogP contribution in [-0.4, -0.2) is 36.5 Å². The zero-order valence-electron chi connectivity index (χ0n) is 15.7. The first-order valence-electron chi connectivity index (χ1n) is 8.17. The quantitative estimate of drug-likeness (QED) is 0.442. The van der Waals surface area contributed by atoms with Gasteiger partial charge in [-0.25, -0.2) is 9.59 Å². The van der Waals surface area contributed by atoms with Gasteiger partial charge in [0.15, 0.2) is 0 Å². The molecule has 1 aromatic heterocycles. The minimum atomic E-state index is -0.697. The Morgan fingerprint density at radius 2 is 1.86 bits per heavy atom. The predicted octanol–water partition coefficient (Wildman–Crippen LogP) is 3.49. The van der Waals surface area contributed by atoms with Crippen LogP contribution in [-0.2, 0) is 9.47 Å². The molecule has 9 nitrogen and oxygen atoms in total. The van der Waals surface area contributed by atoms with Crippen LogP contribution in [0, 0.1) is 24.0 Å². The molecule has 0 unspecified atom stereocenters. The van der Waals surface area contributed by atoms with Gasteiger partial charge in [0.05, 0.1) is 24.2 Å². The Balaban J connectivity index is 2.49. The number of ether oxygens (including phenoxy) is 2. The molecule has 28 heavy (non-hydrogen) atoms. The Morgan fingerprint density at radius 3 is 2.43 bits per heavy atom. The molecule has 0 aliphatic heterocycles. The molecule has 1 aromatic carbocycles. The lowest BCUT2D eigenvalue weighted by molar-refractivity contribution is -0.385. The van der Waals surface area contributed by atoms with E-state index in [1.165, 1.54) is 32.2 Å². The van der Waals surface area contributed by atoms with Crippen molar-refractivity contribution in [3.63, 3.8) is 0 Å². The summed E-state index contributed by atoms with van der Waals surface area (Å²) in [6.45, 7) is 4.74. The zero-order valence-corrected chi connectivity index (χ0v) is 16.5. The minimum Gasteiger partial charge on any atom is -0.465 e. The summed E-state index contributed by atoms with van der Waals surface area (Å²) in [5, 5.41) is 13.8. The second-order valence-corrected chi connectivity index (χ2v) is 6.65. The fraction of sp³-hybridized carbons (Fsp3) is 0.278. The lowest BCUT2D eigenvalue weighted by Gasteiger charge is -2.09. The summed E-state index contributed by atoms with van der Waals surface area (Å²) >= 11 is 0.871. The molecule has 1 amide bonds. The monoisotopic (exact) mass is 406 g/mol. The van der Waals surface area contributed by atoms with E-state index in [2.05, 4.69) is 5.32 Å². The number of rotatable bonds is 6. The lowest BCUT2D eigenvalue weighted by atomic mass is 10.1. The normalized spacial score (nSPS) is 10.3. The third-order valence-electron chi connectivity index (χ3n) is 3.97. The summed E-state index contributed by atoms with van der Waals surface area (Å²) in [5.41, 5.74) is 0.430. The van der Waals surface area contributed by atoms with Crippen LogP contribution in [0.4, 0.5) is 10.7 Å². The number of hydrogen-bond acceptors (Lipinski definition) is 8. The standard InChI is InChI=1S/C18H18N2O7S/c1-5-27-17(22)13-10(3)14(18(23)26-4)28-16(13)19-15(21)11-7-6-8-12(9(11)2)20(24)25/h6-8H,5H2,1-4H3,(H,19,21). The average molecular weight is 406 g/mol. The smallest absolute Gasteiger partial charge is 0.348 e. The molecular formula is C18H18N2O7S. The van der Waals surface area contributed by atoms with E-state index in [1.54, 1.807) is 13.8 Å². The molecule has 0 aliphatic rings. The molecule has 0 atom stereocenters. The number of nitrogens with one attached hydrogen (secondary N) is 1. The molecule has 0 spiro atoms. The number of carbonyl (C=O) groups excluding carboxylic acids is 3. The largest absolute Gasteiger partial charge is 0.465 e. The van der Waals surface area contributed by atoms with Crippen LogP contribution >= 0.6 is 11.3 Å². The third-order valence-corrected chi connectivity index (χ3v) is 5.16. The van der Waals surface area contributed by atoms with E-state index in [4.69, 9.17) is 9.47 Å². The Morgan fingerprint density at radius 1 is 1.18 bits per heavy atom. The van der Waals surface area contributed by atoms with Gasteiger partial charge in [-0.3, -0.25) is 14.9 Å². The predicted molar refractivity (Wildman–Crippen MR) is 102 cm³/mol. The maximum atomic E-state index is 12.7. The van der Waals surface area contributed by atoms with E-state index in [1.807, 2.05) is 0 Å². The highest BCUT2D eigenvalue weighted by molar-refractivity contribution is 7.18. The van der Waals surface area contributed by atoms with Crippen molar-refractivity contribution < 1.29 is 28.8 Å². The van der Waals surface area contributed by atoms with Crippen LogP contribution in [0.2, 0.25) is 0 Å². The van der Waals surface area contributed by atoms with Gasteiger partial charge in [-0.2, -0.15) is 0 Å². The minimum absolute atomic E-state index is 0.0451. The molecule has 0 saturated heterocycles. The maximum Gasteiger partial charge on any atom is 0.348 e. The summed E-state index contributed by atoms with van der Waals surface area (Å²) in [6, 6.07) is 4.12. The van der Waals surface area contributed by atoms with E-state index < -0.39 is 22.8 Å². The number of carbonyl (C=O) groups is 3. The summed E-state index contributed by atoms with van der Waals surface area (Å²) in [6.07, 6.45) is 0. The van der Waals surface area contributed by atoms with Crippen molar-refractivity contribution >= 4 is 39.9 Å². The molecular weight excluding hydrogens is 388 g/mol. The van der Waals surface area contributed by atoms with Gasteiger partial charge in [-0.15, -0.1) is 11.3 Å². The molecule has 10 heteroatoms. The Labute approximate surface area is 164 Å². The number of nitrogens with zero attached hydrogens (tertiary/aromatic N) is 1. The summed E-state index contributed by atoms with van der Waals surface area (Å²) < 4.78 is 9.72. The average Bonchev–Trinajstić information content (AvgIpc) is 2.97. The van der Waals surface area contributed by atoms with Crippen molar-refractivity contribution in [2.24, 2.45) is 0 Å². The summed E-state index contributed by atoms with van der Waals surface area (Å²) in [7, 11) is 1.20. The van der Waals surface area contributed by atoms with Gasteiger partial charge in [0.1, 0.15) is 9.88 Å². The van der Waals surface area contributed by atoms with Crippen molar-refractivity contribution in [1.29, 1.82) is 0 Å². The van der Waals surface area contributed by atoms with Gasteiger partial charge in [0.2, 0.25) is 0 Å². The number of benzene rings is 1. The number of nitro groups is 1. The molecule has 2 aromatic rings. The number of methoxy groups -OCH3 is 1. The molecule has 0 fully saturated rings. The first kappa shape index (κ1) is 21.0. The van der Waals surface area contributed by atoms with Gasteiger partial charge in [0.25, 0.3) is 11.6 Å². The van der Waals surface area contributed by atoms with Crippen LogP contribution in [0.3, 0.4) is 0 Å². The third kappa shape index (κ3) is 4.01. The summed E-state index contributed by atoms with van der Waals surface area (Å²) in [5.74, 6) is -2.00. The van der Waals surface area contributed by atoms with Crippen molar-refractivity contribution in [2.45, 2.75) is 20.8 Å². The molecule has 0 saturated carbocycles. The Bertz CT molecular complexity index is 965. The number of esters is 2. The van der Waals surface area contributed by atoms with Crippen LogP contribution in [0.15, 0.2) is 18.2 Å². The highest BCUT2D eigenvalue weighted by Gasteiger charge is 2.28. The highest BCUT2D eigenvalue weighted by atomic mass is 32.1. The van der Waals surface area contributed by atoms with E-state index in [0.717, 1.165) is 11.3 Å². The van der Waals surface area contributed by atoms with Crippen molar-refractivity contribution in [2.75, 3.05) is 19.0 Å². The fourth-order valence-corrected chi connectivity index (χ4v) is 3.68. The van der Waals surface area contributed by atoms with E-state index in [0.29, 0.717) is 5.56 Å². The maximum absolute atomic E-state index is 12.7.